The Morgan fingerprint density at radius 2 is 1.35 bits per heavy atom. The summed E-state index contributed by atoms with van der Waals surface area (Å²) in [7, 11) is 1.71. The maximum atomic E-state index is 8.00. The summed E-state index contributed by atoms with van der Waals surface area (Å²) in [6, 6.07) is 0. The Balaban J connectivity index is -0.0000000506. The molecule has 0 bridgehead atoms. The third-order valence-corrected chi connectivity index (χ3v) is 1.81. The number of carbonyl (C=O) groups is 1. The smallest absolute Gasteiger partial charge is 0.106 e. The Morgan fingerprint density at radius 1 is 1.05 bits per heavy atom. The van der Waals surface area contributed by atoms with E-state index < -0.39 is 0 Å². The lowest BCUT2D eigenvalue weighted by molar-refractivity contribution is -0.0979. The molecule has 0 aliphatic carbocycles. The molecule has 0 unspecified atom stereocenters. The first-order valence-electron chi connectivity index (χ1n) is 7.01. The van der Waals surface area contributed by atoms with Crippen molar-refractivity contribution in [1.82, 2.24) is 0 Å². The molecule has 0 aromatic rings. The molecule has 0 N–H and O–H groups in total. The number of rotatable bonds is 2. The van der Waals surface area contributed by atoms with Gasteiger partial charge in [-0.3, -0.25) is 0 Å². The molecule has 0 aliphatic rings. The van der Waals surface area contributed by atoms with Gasteiger partial charge in [0.1, 0.15) is 6.79 Å². The zero-order valence-electron chi connectivity index (χ0n) is 15.1. The lowest BCUT2D eigenvalue weighted by Crippen LogP contribution is -2.15. The van der Waals surface area contributed by atoms with Gasteiger partial charge in [0.25, 0.3) is 0 Å². The maximum absolute atomic E-state index is 8.00. The summed E-state index contributed by atoms with van der Waals surface area (Å²) in [4.78, 5) is 8.00. The molecule has 0 saturated carbocycles. The third-order valence-electron chi connectivity index (χ3n) is 1.44. The van der Waals surface area contributed by atoms with E-state index in [4.69, 9.17) is 9.53 Å². The third kappa shape index (κ3) is 111. The van der Waals surface area contributed by atoms with Crippen LogP contribution in [0, 0.1) is 0 Å². The molecule has 20 heavy (non-hydrogen) atoms. The average Bonchev–Trinajstić information content (AvgIpc) is 2.49. The molecule has 124 valence electrons. The van der Waals surface area contributed by atoms with E-state index in [0.717, 1.165) is 11.8 Å². The fourth-order valence-electron chi connectivity index (χ4n) is 0.230. The minimum atomic E-state index is 0.0417. The number of carbonyl (C=O) groups excluding carboxylic acids is 1. The topological polar surface area (TPSA) is 26.3 Å². The van der Waals surface area contributed by atoms with Crippen molar-refractivity contribution in [2.75, 3.05) is 12.4 Å². The Bertz CT molecular complexity index is 160. The van der Waals surface area contributed by atoms with Crippen LogP contribution in [0.15, 0.2) is 24.3 Å². The van der Waals surface area contributed by atoms with E-state index in [-0.39, 0.29) is 5.60 Å². The van der Waals surface area contributed by atoms with Gasteiger partial charge in [-0.05, 0) is 41.0 Å². The summed E-state index contributed by atoms with van der Waals surface area (Å²) < 4.78 is 4.94. The second kappa shape index (κ2) is 36.3. The zero-order chi connectivity index (χ0) is 17.4. The minimum absolute atomic E-state index is 0.0417. The quantitative estimate of drug-likeness (QED) is 0.436. The molecule has 0 radical (unpaired) electrons. The van der Waals surface area contributed by atoms with Gasteiger partial charge in [0.15, 0.2) is 0 Å². The molecule has 0 aliphatic heterocycles. The Hall–Kier alpha value is -0.410. The maximum Gasteiger partial charge on any atom is 0.106 e. The summed E-state index contributed by atoms with van der Waals surface area (Å²) in [5, 5.41) is 0.987. The lowest BCUT2D eigenvalue weighted by atomic mass is 10.2. The fraction of sp³-hybridized carbons (Fsp3) is 0.706. The molecular weight excluding hydrogens is 316 g/mol. The molecule has 0 amide bonds. The van der Waals surface area contributed by atoms with Crippen LogP contribution in [0.5, 0.6) is 0 Å². The lowest BCUT2D eigenvalue weighted by Gasteiger charge is -2.14. The number of allylic oxidation sites excluding steroid dienone is 4. The van der Waals surface area contributed by atoms with Gasteiger partial charge in [0.2, 0.25) is 0 Å². The standard InChI is InChI=1S/C5H9Br.C5H12O.C4H8.C2H6.CH2O/c1-2-3-4-5-6;1-5(2,3)6-4;1-3-4-2;2*1-2/h3-4H,2,5H2,1H3;1-4H3;3-4H,1-2H3;1-2H3;1H2/b4-3+;;4-3-;;. The van der Waals surface area contributed by atoms with Gasteiger partial charge in [0, 0.05) is 12.4 Å². The van der Waals surface area contributed by atoms with Crippen molar-refractivity contribution >= 4 is 22.7 Å². The number of halogens is 1. The molecule has 0 aromatic carbocycles. The summed E-state index contributed by atoms with van der Waals surface area (Å²) in [6.45, 7) is 18.2. The highest BCUT2D eigenvalue weighted by molar-refractivity contribution is 9.09. The van der Waals surface area contributed by atoms with Crippen LogP contribution >= 0.6 is 15.9 Å². The van der Waals surface area contributed by atoms with Crippen LogP contribution in [0.2, 0.25) is 0 Å². The van der Waals surface area contributed by atoms with Gasteiger partial charge >= 0.3 is 0 Å². The van der Waals surface area contributed by atoms with Gasteiger partial charge in [-0.2, -0.15) is 0 Å². The Kier molecular flexibility index (Phi) is 57.7. The molecular formula is C17H37BrO2. The molecule has 0 atom stereocenters. The highest BCUT2D eigenvalue weighted by atomic mass is 79.9. The van der Waals surface area contributed by atoms with E-state index in [9.17, 15) is 0 Å². The molecule has 0 fully saturated rings. The van der Waals surface area contributed by atoms with Gasteiger partial charge in [-0.1, -0.05) is 61.0 Å². The van der Waals surface area contributed by atoms with Crippen molar-refractivity contribution in [2.45, 2.75) is 67.4 Å². The van der Waals surface area contributed by atoms with Crippen LogP contribution in [0.4, 0.5) is 0 Å². The molecule has 0 aromatic heterocycles. The predicted molar refractivity (Wildman–Crippen MR) is 98.9 cm³/mol. The van der Waals surface area contributed by atoms with Crippen molar-refractivity contribution in [1.29, 1.82) is 0 Å². The zero-order valence-corrected chi connectivity index (χ0v) is 16.7. The average molecular weight is 353 g/mol. The first-order chi connectivity index (χ1) is 9.39. The van der Waals surface area contributed by atoms with E-state index >= 15 is 0 Å². The molecule has 3 heteroatoms. The first kappa shape index (κ1) is 31.8. The van der Waals surface area contributed by atoms with E-state index in [1.807, 2.05) is 67.4 Å². The van der Waals surface area contributed by atoms with Crippen LogP contribution in [-0.2, 0) is 9.53 Å². The highest BCUT2D eigenvalue weighted by Gasteiger charge is 2.03. The number of hydrogen-bond acceptors (Lipinski definition) is 2. The summed E-state index contributed by atoms with van der Waals surface area (Å²) >= 11 is 3.26. The molecule has 2 nitrogen and oxygen atoms in total. The number of hydrogen-bond donors (Lipinski definition) is 0. The fourth-order valence-corrected chi connectivity index (χ4v) is 0.494. The normalized spacial score (nSPS) is 9.10. The highest BCUT2D eigenvalue weighted by Crippen LogP contribution is 2.02. The molecule has 0 spiro atoms. The van der Waals surface area contributed by atoms with Crippen LogP contribution < -0.4 is 0 Å². The van der Waals surface area contributed by atoms with Gasteiger partial charge in [-0.15, -0.1) is 0 Å². The number of ether oxygens (including phenoxy) is 1. The number of alkyl halides is 1. The first-order valence-corrected chi connectivity index (χ1v) is 8.13. The van der Waals surface area contributed by atoms with Gasteiger partial charge in [-0.25, -0.2) is 0 Å². The summed E-state index contributed by atoms with van der Waals surface area (Å²) in [6.07, 6.45) is 9.38. The summed E-state index contributed by atoms with van der Waals surface area (Å²) in [5.41, 5.74) is 0.0417. The molecule has 0 heterocycles. The van der Waals surface area contributed by atoms with Crippen molar-refractivity contribution in [3.05, 3.63) is 24.3 Å². The van der Waals surface area contributed by atoms with Crippen molar-refractivity contribution in [3.8, 4) is 0 Å². The van der Waals surface area contributed by atoms with Gasteiger partial charge < -0.3 is 9.53 Å². The van der Waals surface area contributed by atoms with Crippen molar-refractivity contribution in [2.24, 2.45) is 0 Å². The van der Waals surface area contributed by atoms with Crippen molar-refractivity contribution < 1.29 is 9.53 Å². The number of methoxy groups -OCH3 is 1. The van der Waals surface area contributed by atoms with E-state index in [1.165, 1.54) is 0 Å². The predicted octanol–water partition coefficient (Wildman–Crippen LogP) is 6.20. The molecule has 0 rings (SSSR count). The van der Waals surface area contributed by atoms with Gasteiger partial charge in [0.05, 0.1) is 5.60 Å². The minimum Gasteiger partial charge on any atom is -0.379 e. The van der Waals surface area contributed by atoms with Crippen molar-refractivity contribution in [3.63, 3.8) is 0 Å². The Morgan fingerprint density at radius 3 is 1.40 bits per heavy atom. The largest absolute Gasteiger partial charge is 0.379 e. The second-order valence-corrected chi connectivity index (χ2v) is 4.66. The summed E-state index contributed by atoms with van der Waals surface area (Å²) in [5.74, 6) is 0. The monoisotopic (exact) mass is 352 g/mol. The van der Waals surface area contributed by atoms with E-state index in [2.05, 4.69) is 35.0 Å². The van der Waals surface area contributed by atoms with Crippen LogP contribution in [0.3, 0.4) is 0 Å². The Labute approximate surface area is 136 Å². The molecule has 0 saturated heterocycles. The van der Waals surface area contributed by atoms with E-state index in [1.54, 1.807) is 7.11 Å². The second-order valence-electron chi connectivity index (χ2n) is 4.02. The van der Waals surface area contributed by atoms with Crippen LogP contribution in [0.25, 0.3) is 0 Å². The van der Waals surface area contributed by atoms with Crippen LogP contribution in [0.1, 0.15) is 61.8 Å². The SMILES string of the molecule is C/C=C\C.C=O.CC.CC/C=C/CBr.COC(C)(C)C. The van der Waals surface area contributed by atoms with Crippen LogP contribution in [-0.4, -0.2) is 24.8 Å². The van der Waals surface area contributed by atoms with E-state index in [0.29, 0.717) is 0 Å².